The van der Waals surface area contributed by atoms with E-state index < -0.39 is 5.54 Å². The monoisotopic (exact) mass is 284 g/mol. The highest BCUT2D eigenvalue weighted by Crippen LogP contribution is 2.40. The topological polar surface area (TPSA) is 73.6 Å². The van der Waals surface area contributed by atoms with Crippen molar-refractivity contribution in [3.63, 3.8) is 0 Å². The van der Waals surface area contributed by atoms with Crippen LogP contribution in [0.2, 0.25) is 0 Å². The Morgan fingerprint density at radius 1 is 1.40 bits per heavy atom. The van der Waals surface area contributed by atoms with Gasteiger partial charge in [-0.15, -0.1) is 0 Å². The molecule has 0 aromatic carbocycles. The Morgan fingerprint density at radius 2 is 2.20 bits per heavy atom. The third-order valence-electron chi connectivity index (χ3n) is 4.31. The van der Waals surface area contributed by atoms with E-state index in [1.165, 1.54) is 6.42 Å². The second-order valence-corrected chi connectivity index (χ2v) is 6.04. The van der Waals surface area contributed by atoms with Crippen LogP contribution in [0.5, 0.6) is 0 Å². The lowest BCUT2D eigenvalue weighted by atomic mass is 9.93. The molecule has 3 N–H and O–H groups in total. The third-order valence-corrected chi connectivity index (χ3v) is 4.31. The molecule has 2 unspecified atom stereocenters. The van der Waals surface area contributed by atoms with Gasteiger partial charge in [-0.05, 0) is 51.0 Å². The van der Waals surface area contributed by atoms with Gasteiger partial charge in [0.1, 0.15) is 5.54 Å². The van der Waals surface area contributed by atoms with Crippen LogP contribution >= 0.6 is 0 Å². The molecule has 1 saturated carbocycles. The van der Waals surface area contributed by atoms with Crippen molar-refractivity contribution in [1.29, 1.82) is 0 Å². The summed E-state index contributed by atoms with van der Waals surface area (Å²) in [5, 5.41) is 3.34. The number of carbonyl (C=O) groups is 1. The average molecular weight is 284 g/mol. The van der Waals surface area contributed by atoms with Crippen molar-refractivity contribution in [1.82, 2.24) is 5.32 Å². The molecule has 1 aliphatic carbocycles. The quantitative estimate of drug-likeness (QED) is 0.667. The Bertz CT molecular complexity index is 314. The first kappa shape index (κ1) is 15.7. The summed E-state index contributed by atoms with van der Waals surface area (Å²) in [5.74, 6) is 0.0526. The van der Waals surface area contributed by atoms with Gasteiger partial charge in [-0.3, -0.25) is 4.79 Å². The van der Waals surface area contributed by atoms with E-state index in [0.29, 0.717) is 19.1 Å². The van der Waals surface area contributed by atoms with Gasteiger partial charge in [0.05, 0.1) is 19.3 Å². The van der Waals surface area contributed by atoms with E-state index in [-0.39, 0.29) is 12.0 Å². The van der Waals surface area contributed by atoms with Crippen LogP contribution < -0.4 is 11.1 Å². The highest BCUT2D eigenvalue weighted by atomic mass is 16.5. The fourth-order valence-corrected chi connectivity index (χ4v) is 2.89. The van der Waals surface area contributed by atoms with Crippen LogP contribution in [0, 0.1) is 5.92 Å². The zero-order valence-electron chi connectivity index (χ0n) is 12.5. The van der Waals surface area contributed by atoms with Crippen molar-refractivity contribution in [3.8, 4) is 0 Å². The molecule has 0 spiro atoms. The van der Waals surface area contributed by atoms with Crippen LogP contribution in [0.3, 0.4) is 0 Å². The SMILES string of the molecule is CCCNC(COCC1CCCCO1)(C(N)=O)C1CC1. The van der Waals surface area contributed by atoms with Crippen LogP contribution in [0.15, 0.2) is 0 Å². The fourth-order valence-electron chi connectivity index (χ4n) is 2.89. The van der Waals surface area contributed by atoms with Gasteiger partial charge in [-0.25, -0.2) is 0 Å². The van der Waals surface area contributed by atoms with Crippen LogP contribution in [0.25, 0.3) is 0 Å². The molecule has 1 saturated heterocycles. The average Bonchev–Trinajstić information content (AvgIpc) is 3.28. The summed E-state index contributed by atoms with van der Waals surface area (Å²) < 4.78 is 11.5. The summed E-state index contributed by atoms with van der Waals surface area (Å²) in [6, 6.07) is 0. The lowest BCUT2D eigenvalue weighted by molar-refractivity contribution is -0.130. The molecule has 2 atom stereocenters. The maximum atomic E-state index is 11.9. The van der Waals surface area contributed by atoms with E-state index in [0.717, 1.165) is 45.3 Å². The molecule has 0 aromatic heterocycles. The number of primary amides is 1. The molecular weight excluding hydrogens is 256 g/mol. The lowest BCUT2D eigenvalue weighted by Gasteiger charge is -2.32. The second-order valence-electron chi connectivity index (χ2n) is 6.04. The molecule has 20 heavy (non-hydrogen) atoms. The van der Waals surface area contributed by atoms with Gasteiger partial charge in [0.2, 0.25) is 5.91 Å². The van der Waals surface area contributed by atoms with E-state index in [4.69, 9.17) is 15.2 Å². The van der Waals surface area contributed by atoms with Crippen molar-refractivity contribution in [3.05, 3.63) is 0 Å². The maximum absolute atomic E-state index is 11.9. The maximum Gasteiger partial charge on any atom is 0.240 e. The number of hydrogen-bond acceptors (Lipinski definition) is 4. The van der Waals surface area contributed by atoms with Gasteiger partial charge in [0, 0.05) is 6.61 Å². The lowest BCUT2D eigenvalue weighted by Crippen LogP contribution is -2.60. The zero-order chi connectivity index (χ0) is 14.4. The first-order valence-electron chi connectivity index (χ1n) is 7.93. The number of amides is 1. The molecule has 2 aliphatic rings. The Hall–Kier alpha value is -0.650. The Kier molecular flexibility index (Phi) is 5.81. The molecule has 5 nitrogen and oxygen atoms in total. The van der Waals surface area contributed by atoms with Crippen molar-refractivity contribution in [2.24, 2.45) is 11.7 Å². The van der Waals surface area contributed by atoms with Gasteiger partial charge in [0.15, 0.2) is 0 Å². The standard InChI is InChI=1S/C15H28N2O3/c1-2-8-17-15(14(16)18,12-6-7-12)11-19-10-13-5-3-4-9-20-13/h12-13,17H,2-11H2,1H3,(H2,16,18). The number of ether oxygens (including phenoxy) is 2. The summed E-state index contributed by atoms with van der Waals surface area (Å²) in [4.78, 5) is 11.9. The molecule has 116 valence electrons. The van der Waals surface area contributed by atoms with Gasteiger partial charge < -0.3 is 20.5 Å². The minimum Gasteiger partial charge on any atom is -0.376 e. The highest BCUT2D eigenvalue weighted by molar-refractivity contribution is 5.85. The molecule has 5 heteroatoms. The van der Waals surface area contributed by atoms with Crippen LogP contribution in [-0.4, -0.2) is 43.9 Å². The first-order valence-corrected chi connectivity index (χ1v) is 7.93. The molecule has 1 amide bonds. The summed E-state index contributed by atoms with van der Waals surface area (Å²) in [5.41, 5.74) is 4.98. The number of nitrogens with one attached hydrogen (secondary N) is 1. The predicted octanol–water partition coefficient (Wildman–Crippen LogP) is 1.21. The number of nitrogens with two attached hydrogens (primary N) is 1. The highest BCUT2D eigenvalue weighted by Gasteiger charge is 2.49. The minimum absolute atomic E-state index is 0.180. The van der Waals surface area contributed by atoms with E-state index in [1.54, 1.807) is 0 Å². The van der Waals surface area contributed by atoms with Gasteiger partial charge in [-0.1, -0.05) is 6.92 Å². The third kappa shape index (κ3) is 3.93. The summed E-state index contributed by atoms with van der Waals surface area (Å²) in [7, 11) is 0. The fraction of sp³-hybridized carbons (Fsp3) is 0.933. The van der Waals surface area contributed by atoms with Gasteiger partial charge >= 0.3 is 0 Å². The zero-order valence-corrected chi connectivity index (χ0v) is 12.5. The first-order chi connectivity index (χ1) is 9.69. The van der Waals surface area contributed by atoms with E-state index in [9.17, 15) is 4.79 Å². The number of rotatable bonds is 9. The molecule has 2 rings (SSSR count). The summed E-state index contributed by atoms with van der Waals surface area (Å²) in [6.45, 7) is 4.64. The van der Waals surface area contributed by atoms with Crippen LogP contribution in [0.1, 0.15) is 45.4 Å². The van der Waals surface area contributed by atoms with Crippen molar-refractivity contribution < 1.29 is 14.3 Å². The van der Waals surface area contributed by atoms with Crippen molar-refractivity contribution in [2.75, 3.05) is 26.4 Å². The smallest absolute Gasteiger partial charge is 0.240 e. The molecule has 0 aromatic rings. The number of carbonyl (C=O) groups excluding carboxylic acids is 1. The summed E-state index contributed by atoms with van der Waals surface area (Å²) in [6.07, 6.45) is 6.67. The Morgan fingerprint density at radius 3 is 2.75 bits per heavy atom. The molecule has 0 bridgehead atoms. The molecule has 2 fully saturated rings. The van der Waals surface area contributed by atoms with Crippen molar-refractivity contribution >= 4 is 5.91 Å². The van der Waals surface area contributed by atoms with Gasteiger partial charge in [0.25, 0.3) is 0 Å². The number of hydrogen-bond donors (Lipinski definition) is 2. The predicted molar refractivity (Wildman–Crippen MR) is 77.4 cm³/mol. The minimum atomic E-state index is -0.676. The van der Waals surface area contributed by atoms with E-state index >= 15 is 0 Å². The van der Waals surface area contributed by atoms with E-state index in [1.807, 2.05) is 0 Å². The molecule has 1 heterocycles. The molecule has 1 aliphatic heterocycles. The molecular formula is C15H28N2O3. The van der Waals surface area contributed by atoms with Crippen LogP contribution in [-0.2, 0) is 14.3 Å². The molecule has 0 radical (unpaired) electrons. The van der Waals surface area contributed by atoms with E-state index in [2.05, 4.69) is 12.2 Å². The summed E-state index contributed by atoms with van der Waals surface area (Å²) >= 11 is 0. The second kappa shape index (κ2) is 7.38. The van der Waals surface area contributed by atoms with Crippen molar-refractivity contribution in [2.45, 2.75) is 57.1 Å². The van der Waals surface area contributed by atoms with Crippen LogP contribution in [0.4, 0.5) is 0 Å². The van der Waals surface area contributed by atoms with Gasteiger partial charge in [-0.2, -0.15) is 0 Å². The Balaban J connectivity index is 1.84. The normalized spacial score (nSPS) is 26.1. The largest absolute Gasteiger partial charge is 0.376 e. The Labute approximate surface area is 121 Å².